The molecule has 8 heteroatoms. The normalized spacial score (nSPS) is 22.4. The molecule has 0 radical (unpaired) electrons. The lowest BCUT2D eigenvalue weighted by atomic mass is 9.90. The first-order chi connectivity index (χ1) is 12.0. The van der Waals surface area contributed by atoms with Crippen LogP contribution in [-0.2, 0) is 7.05 Å². The number of nitrogens with one attached hydrogen (secondary N) is 1. The largest absolute Gasteiger partial charge is 0.392 e. The number of aryl methyl sites for hydroxylation is 1. The number of nitrogens with zero attached hydrogens (tertiary/aromatic N) is 5. The predicted molar refractivity (Wildman–Crippen MR) is 95.0 cm³/mol. The van der Waals surface area contributed by atoms with Gasteiger partial charge in [-0.25, -0.2) is 4.98 Å². The van der Waals surface area contributed by atoms with Crippen LogP contribution in [0.25, 0.3) is 16.8 Å². The highest BCUT2D eigenvalue weighted by molar-refractivity contribution is 5.77. The van der Waals surface area contributed by atoms with Crippen molar-refractivity contribution in [1.82, 2.24) is 29.7 Å². The summed E-state index contributed by atoms with van der Waals surface area (Å²) in [6, 6.07) is 2.06. The molecule has 0 amide bonds. The van der Waals surface area contributed by atoms with E-state index in [1.54, 1.807) is 21.6 Å². The van der Waals surface area contributed by atoms with Crippen LogP contribution in [0.2, 0.25) is 0 Å². The van der Waals surface area contributed by atoms with E-state index in [1.807, 2.05) is 26.2 Å². The minimum Gasteiger partial charge on any atom is -0.392 e. The standard InChI is InChI=1S/C17H23N7O/c1-10(25)14-4-3-11(6-19-14)15-5-16(18)24-17(22-15)13(8-21-24)12-7-20-23(2)9-12/h5,7-11,14,19,25H,3-4,6,18H2,1-2H3/t10?,11-,14-/m0/s1. The molecule has 0 spiro atoms. The number of aromatic nitrogens is 5. The summed E-state index contributed by atoms with van der Waals surface area (Å²) in [5, 5.41) is 21.7. The van der Waals surface area contributed by atoms with Gasteiger partial charge in [0.05, 0.1) is 24.2 Å². The molecule has 0 aliphatic carbocycles. The van der Waals surface area contributed by atoms with E-state index in [-0.39, 0.29) is 18.1 Å². The molecule has 0 bridgehead atoms. The number of anilines is 1. The van der Waals surface area contributed by atoms with Crippen molar-refractivity contribution in [2.75, 3.05) is 12.3 Å². The van der Waals surface area contributed by atoms with E-state index >= 15 is 0 Å². The van der Waals surface area contributed by atoms with Gasteiger partial charge in [0, 0.05) is 48.9 Å². The average molecular weight is 341 g/mol. The third kappa shape index (κ3) is 2.87. The maximum atomic E-state index is 9.74. The number of hydrogen-bond donors (Lipinski definition) is 3. The van der Waals surface area contributed by atoms with Gasteiger partial charge in [-0.3, -0.25) is 4.68 Å². The fraction of sp³-hybridized carbons (Fsp3) is 0.471. The zero-order chi connectivity index (χ0) is 17.6. The Hall–Kier alpha value is -2.45. The van der Waals surface area contributed by atoms with E-state index in [4.69, 9.17) is 10.7 Å². The Kier molecular flexibility index (Phi) is 3.93. The molecule has 25 heavy (non-hydrogen) atoms. The molecule has 3 atom stereocenters. The quantitative estimate of drug-likeness (QED) is 0.654. The topological polar surface area (TPSA) is 106 Å². The van der Waals surface area contributed by atoms with Crippen molar-refractivity contribution < 1.29 is 5.11 Å². The van der Waals surface area contributed by atoms with E-state index in [1.165, 1.54) is 0 Å². The molecule has 1 saturated heterocycles. The second kappa shape index (κ2) is 6.12. The minimum atomic E-state index is -0.339. The number of hydrogen-bond acceptors (Lipinski definition) is 6. The van der Waals surface area contributed by atoms with Crippen LogP contribution in [-0.4, -0.2) is 48.2 Å². The Bertz CT molecular complexity index is 890. The van der Waals surface area contributed by atoms with Crippen LogP contribution in [0.15, 0.2) is 24.7 Å². The highest BCUT2D eigenvalue weighted by atomic mass is 16.3. The fourth-order valence-electron chi connectivity index (χ4n) is 3.52. The Labute approximate surface area is 145 Å². The summed E-state index contributed by atoms with van der Waals surface area (Å²) < 4.78 is 3.42. The van der Waals surface area contributed by atoms with E-state index in [0.29, 0.717) is 5.82 Å². The number of aliphatic hydroxyl groups excluding tert-OH is 1. The van der Waals surface area contributed by atoms with Crippen molar-refractivity contribution in [3.8, 4) is 11.1 Å². The van der Waals surface area contributed by atoms with Crippen LogP contribution < -0.4 is 11.1 Å². The third-order valence-corrected chi connectivity index (χ3v) is 4.99. The van der Waals surface area contributed by atoms with Gasteiger partial charge < -0.3 is 16.2 Å². The first-order valence-corrected chi connectivity index (χ1v) is 8.57. The molecule has 4 N–H and O–H groups in total. The van der Waals surface area contributed by atoms with Crippen LogP contribution in [0.5, 0.6) is 0 Å². The van der Waals surface area contributed by atoms with Crippen molar-refractivity contribution >= 4 is 11.5 Å². The van der Waals surface area contributed by atoms with Crippen LogP contribution in [0.4, 0.5) is 5.82 Å². The van der Waals surface area contributed by atoms with Gasteiger partial charge in [0.2, 0.25) is 0 Å². The fourth-order valence-corrected chi connectivity index (χ4v) is 3.52. The molecule has 0 aromatic carbocycles. The lowest BCUT2D eigenvalue weighted by Gasteiger charge is -2.31. The number of rotatable bonds is 3. The highest BCUT2D eigenvalue weighted by Gasteiger charge is 2.26. The summed E-state index contributed by atoms with van der Waals surface area (Å²) in [4.78, 5) is 4.86. The summed E-state index contributed by atoms with van der Waals surface area (Å²) in [7, 11) is 1.88. The summed E-state index contributed by atoms with van der Waals surface area (Å²) in [6.07, 6.45) is 7.08. The molecule has 8 nitrogen and oxygen atoms in total. The van der Waals surface area contributed by atoms with Crippen LogP contribution in [0.3, 0.4) is 0 Å². The number of nitrogens with two attached hydrogens (primary N) is 1. The van der Waals surface area contributed by atoms with E-state index in [9.17, 15) is 5.11 Å². The van der Waals surface area contributed by atoms with Crippen LogP contribution >= 0.6 is 0 Å². The monoisotopic (exact) mass is 341 g/mol. The lowest BCUT2D eigenvalue weighted by molar-refractivity contribution is 0.125. The van der Waals surface area contributed by atoms with Gasteiger partial charge >= 0.3 is 0 Å². The van der Waals surface area contributed by atoms with Crippen molar-refractivity contribution in [3.05, 3.63) is 30.4 Å². The summed E-state index contributed by atoms with van der Waals surface area (Å²) in [5.41, 5.74) is 9.82. The maximum Gasteiger partial charge on any atom is 0.165 e. The van der Waals surface area contributed by atoms with Gasteiger partial charge in [0.1, 0.15) is 5.82 Å². The molecular weight excluding hydrogens is 318 g/mol. The molecule has 1 aliphatic heterocycles. The van der Waals surface area contributed by atoms with Crippen molar-refractivity contribution in [1.29, 1.82) is 0 Å². The minimum absolute atomic E-state index is 0.151. The SMILES string of the molecule is CC(O)[C@@H]1CC[C@H](c2cc(N)n3ncc(-c4cnn(C)c4)c3n2)CN1. The van der Waals surface area contributed by atoms with Crippen molar-refractivity contribution in [3.63, 3.8) is 0 Å². The number of nitrogen functional groups attached to an aromatic ring is 1. The molecule has 3 aromatic heterocycles. The summed E-state index contributed by atoms with van der Waals surface area (Å²) >= 11 is 0. The van der Waals surface area contributed by atoms with Crippen LogP contribution in [0, 0.1) is 0 Å². The van der Waals surface area contributed by atoms with Crippen molar-refractivity contribution in [2.45, 2.75) is 37.8 Å². The first kappa shape index (κ1) is 16.0. The zero-order valence-electron chi connectivity index (χ0n) is 14.4. The second-order valence-corrected chi connectivity index (χ2v) is 6.83. The van der Waals surface area contributed by atoms with Gasteiger partial charge in [-0.2, -0.15) is 14.7 Å². The first-order valence-electron chi connectivity index (χ1n) is 8.57. The summed E-state index contributed by atoms with van der Waals surface area (Å²) in [5.74, 6) is 0.853. The van der Waals surface area contributed by atoms with Crippen LogP contribution in [0.1, 0.15) is 31.4 Å². The van der Waals surface area contributed by atoms with Crippen molar-refractivity contribution in [2.24, 2.45) is 7.05 Å². The molecule has 4 rings (SSSR count). The number of fused-ring (bicyclic) bond motifs is 1. The van der Waals surface area contributed by atoms with Gasteiger partial charge in [-0.1, -0.05) is 0 Å². The average Bonchev–Trinajstić information content (AvgIpc) is 3.21. The predicted octanol–water partition coefficient (Wildman–Crippen LogP) is 0.928. The molecule has 0 saturated carbocycles. The molecule has 1 unspecified atom stereocenters. The molecular formula is C17H23N7O. The highest BCUT2D eigenvalue weighted by Crippen LogP contribution is 2.29. The Morgan fingerprint density at radius 1 is 1.32 bits per heavy atom. The smallest absolute Gasteiger partial charge is 0.165 e. The Morgan fingerprint density at radius 3 is 2.80 bits per heavy atom. The summed E-state index contributed by atoms with van der Waals surface area (Å²) in [6.45, 7) is 2.61. The Morgan fingerprint density at radius 2 is 2.16 bits per heavy atom. The van der Waals surface area contributed by atoms with Gasteiger partial charge in [0.15, 0.2) is 5.65 Å². The maximum absolute atomic E-state index is 9.74. The molecule has 1 aliphatic rings. The van der Waals surface area contributed by atoms with Gasteiger partial charge in [0.25, 0.3) is 0 Å². The zero-order valence-corrected chi connectivity index (χ0v) is 14.4. The molecule has 3 aromatic rings. The van der Waals surface area contributed by atoms with E-state index in [2.05, 4.69) is 15.5 Å². The number of aliphatic hydroxyl groups is 1. The molecule has 1 fully saturated rings. The Balaban J connectivity index is 1.69. The van der Waals surface area contributed by atoms with E-state index < -0.39 is 0 Å². The molecule has 4 heterocycles. The lowest BCUT2D eigenvalue weighted by Crippen LogP contribution is -2.44. The second-order valence-electron chi connectivity index (χ2n) is 6.83. The van der Waals surface area contributed by atoms with Gasteiger partial charge in [-0.05, 0) is 19.8 Å². The third-order valence-electron chi connectivity index (χ3n) is 4.99. The number of piperidine rings is 1. The molecule has 132 valence electrons. The van der Waals surface area contributed by atoms with E-state index in [0.717, 1.165) is 41.9 Å². The van der Waals surface area contributed by atoms with Gasteiger partial charge in [-0.15, -0.1) is 0 Å².